The van der Waals surface area contributed by atoms with Gasteiger partial charge in [-0.05, 0) is 11.8 Å². The van der Waals surface area contributed by atoms with Crippen molar-refractivity contribution in [3.8, 4) is 0 Å². The number of nitrogens with zero attached hydrogens (tertiary/aromatic N) is 4. The highest BCUT2D eigenvalue weighted by atomic mass is 16.7. The molecule has 4 aliphatic rings. The number of hydrogen-bond acceptors (Lipinski definition) is 18. The van der Waals surface area contributed by atoms with Crippen molar-refractivity contribution in [1.29, 1.82) is 0 Å². The van der Waals surface area contributed by atoms with Crippen LogP contribution in [0.25, 0.3) is 0 Å². The van der Waals surface area contributed by atoms with E-state index in [1.54, 1.807) is 41.5 Å². The van der Waals surface area contributed by atoms with Gasteiger partial charge >= 0.3 is 23.9 Å². The van der Waals surface area contributed by atoms with Crippen molar-refractivity contribution in [2.24, 2.45) is 35.5 Å². The topological polar surface area (TPSA) is 289 Å². The molecular formula is C42H64N4O18. The zero-order chi connectivity index (χ0) is 47.8. The number of rotatable bonds is 14. The van der Waals surface area contributed by atoms with Gasteiger partial charge in [-0.3, -0.25) is 47.9 Å². The van der Waals surface area contributed by atoms with E-state index in [2.05, 4.69) is 14.5 Å². The van der Waals surface area contributed by atoms with Gasteiger partial charge in [-0.25, -0.2) is 19.2 Å². The van der Waals surface area contributed by atoms with Gasteiger partial charge in [0.05, 0.1) is 12.8 Å². The largest absolute Gasteiger partial charge is 0.340 e. The van der Waals surface area contributed by atoms with Crippen molar-refractivity contribution in [2.75, 3.05) is 0 Å². The lowest BCUT2D eigenvalue weighted by Crippen LogP contribution is -2.34. The van der Waals surface area contributed by atoms with E-state index in [4.69, 9.17) is 4.84 Å². The molecule has 2 unspecified atom stereocenters. The van der Waals surface area contributed by atoms with Crippen LogP contribution < -0.4 is 0 Å². The van der Waals surface area contributed by atoms with Crippen molar-refractivity contribution in [1.82, 2.24) is 20.3 Å². The lowest BCUT2D eigenvalue weighted by Gasteiger charge is -2.13. The summed E-state index contributed by atoms with van der Waals surface area (Å²) in [7, 11) is 0. The minimum Gasteiger partial charge on any atom is -0.330 e. The van der Waals surface area contributed by atoms with Crippen LogP contribution in [-0.4, -0.2) is 103 Å². The highest BCUT2D eigenvalue weighted by molar-refractivity contribution is 6.05. The smallest absolute Gasteiger partial charge is 0.330 e. The average Bonchev–Trinajstić information content (AvgIpc) is 3.80. The van der Waals surface area contributed by atoms with Crippen LogP contribution in [0.3, 0.4) is 0 Å². The maximum atomic E-state index is 11.4. The monoisotopic (exact) mass is 912 g/mol. The summed E-state index contributed by atoms with van der Waals surface area (Å²) in [4.78, 5) is 175. The Morgan fingerprint density at radius 1 is 0.438 bits per heavy atom. The summed E-state index contributed by atoms with van der Waals surface area (Å²) in [5.41, 5.74) is 0. The number of hydroxylamine groups is 8. The Balaban J connectivity index is 0. The fraction of sp³-hybridized carbons (Fsp3) is 0.667. The zero-order valence-electron chi connectivity index (χ0n) is 36.7. The van der Waals surface area contributed by atoms with E-state index in [1.807, 2.05) is 27.7 Å². The summed E-state index contributed by atoms with van der Waals surface area (Å²) in [5, 5.41) is 2.07. The molecule has 4 saturated heterocycles. The van der Waals surface area contributed by atoms with Gasteiger partial charge in [0.15, 0.2) is 0 Å². The summed E-state index contributed by atoms with van der Waals surface area (Å²) >= 11 is 0. The molecule has 0 radical (unpaired) electrons. The van der Waals surface area contributed by atoms with Gasteiger partial charge < -0.3 is 19.4 Å². The molecule has 360 valence electrons. The minimum absolute atomic E-state index is 0. The third-order valence-corrected chi connectivity index (χ3v) is 8.52. The van der Waals surface area contributed by atoms with Crippen LogP contribution in [-0.2, 0) is 86.5 Å². The van der Waals surface area contributed by atoms with Crippen LogP contribution >= 0.6 is 0 Å². The van der Waals surface area contributed by atoms with Gasteiger partial charge in [-0.2, -0.15) is 0 Å². The van der Waals surface area contributed by atoms with Crippen LogP contribution in [0.15, 0.2) is 0 Å². The zero-order valence-corrected chi connectivity index (χ0v) is 36.7. The molecule has 0 bridgehead atoms. The molecule has 0 N–H and O–H groups in total. The normalized spacial score (nSPS) is 17.9. The van der Waals surface area contributed by atoms with Crippen molar-refractivity contribution < 1.29 is 86.5 Å². The molecule has 64 heavy (non-hydrogen) atoms. The molecule has 0 aliphatic carbocycles. The second-order valence-electron chi connectivity index (χ2n) is 16.1. The van der Waals surface area contributed by atoms with Gasteiger partial charge in [-0.1, -0.05) is 84.1 Å². The first-order chi connectivity index (χ1) is 28.7. The standard InChI is InChI=1S/C11H15NO5.C10H13NO5.C10H15NO4.C9H13NO4.2CH4/c1-6(2)8(13)5-10(15)17-12-9(14)4-7(3)11(12)16;1-6(2)7(12)5-10(15)16-11-8(13)3-4-9(11)14;1-6(2)4-9(13)15-11-8(12)5-7(3)10(11)14;1-6(2)5-9(13)14-10-7(11)3-4-8(10)12;;/h6-7H,4-5H2,1-3H3;6H,3-5H2,1-2H3;6-7H,4-5H2,1-3H3;6H,3-5H2,1-2H3;2*1H4. The summed E-state index contributed by atoms with van der Waals surface area (Å²) < 4.78 is 0. The first-order valence-electron chi connectivity index (χ1n) is 20.0. The first kappa shape index (κ1) is 59.9. The molecule has 0 saturated carbocycles. The number of carbonyl (C=O) groups is 14. The van der Waals surface area contributed by atoms with Crippen LogP contribution in [0.1, 0.15) is 148 Å². The highest BCUT2D eigenvalue weighted by Crippen LogP contribution is 2.21. The Bertz CT molecular complexity index is 1770. The summed E-state index contributed by atoms with van der Waals surface area (Å²) in [6, 6.07) is 0. The van der Waals surface area contributed by atoms with Crippen molar-refractivity contribution >= 4 is 82.7 Å². The predicted octanol–water partition coefficient (Wildman–Crippen LogP) is 3.46. The molecule has 4 heterocycles. The van der Waals surface area contributed by atoms with E-state index < -0.39 is 89.9 Å². The fourth-order valence-corrected chi connectivity index (χ4v) is 4.92. The molecule has 0 aromatic rings. The Morgan fingerprint density at radius 3 is 0.922 bits per heavy atom. The Labute approximate surface area is 372 Å². The van der Waals surface area contributed by atoms with Gasteiger partial charge in [0.1, 0.15) is 24.4 Å². The highest BCUT2D eigenvalue weighted by Gasteiger charge is 2.40. The molecule has 4 rings (SSSR count). The average molecular weight is 913 g/mol. The second kappa shape index (κ2) is 27.8. The van der Waals surface area contributed by atoms with E-state index >= 15 is 0 Å². The third-order valence-electron chi connectivity index (χ3n) is 8.52. The SMILES string of the molecule is C.C.CC(C)C(=O)CC(=O)ON1C(=O)CC(C)C1=O.CC(C)C(=O)CC(=O)ON1C(=O)CCC1=O.CC(C)CC(=O)ON1C(=O)CC(C)C1=O.CC(C)CC(=O)ON1C(=O)CCC1=O. The lowest BCUT2D eigenvalue weighted by molar-refractivity contribution is -0.198. The van der Waals surface area contributed by atoms with E-state index in [0.29, 0.717) is 20.3 Å². The number of carbonyl (C=O) groups excluding carboxylic acids is 14. The molecule has 4 aliphatic heterocycles. The van der Waals surface area contributed by atoms with Gasteiger partial charge in [0.25, 0.3) is 47.3 Å². The van der Waals surface area contributed by atoms with Gasteiger partial charge in [0, 0.05) is 62.2 Å². The number of amides is 8. The summed E-state index contributed by atoms with van der Waals surface area (Å²) in [6.45, 7) is 17.3. The van der Waals surface area contributed by atoms with E-state index in [0.717, 1.165) is 0 Å². The van der Waals surface area contributed by atoms with Crippen LogP contribution in [0.2, 0.25) is 0 Å². The van der Waals surface area contributed by atoms with Crippen LogP contribution in [0.5, 0.6) is 0 Å². The molecular weight excluding hydrogens is 848 g/mol. The van der Waals surface area contributed by atoms with E-state index in [9.17, 15) is 67.1 Å². The first-order valence-corrected chi connectivity index (χ1v) is 20.0. The molecule has 22 heteroatoms. The molecule has 2 atom stereocenters. The lowest BCUT2D eigenvalue weighted by atomic mass is 10.1. The third kappa shape index (κ3) is 19.9. The summed E-state index contributed by atoms with van der Waals surface area (Å²) in [5.74, 6) is -8.47. The number of Topliss-reactive ketones (excluding diaryl/α,β-unsaturated/α-hetero) is 2. The quantitative estimate of drug-likeness (QED) is 0.178. The van der Waals surface area contributed by atoms with Gasteiger partial charge in [0.2, 0.25) is 0 Å². The molecule has 22 nitrogen and oxygen atoms in total. The summed E-state index contributed by atoms with van der Waals surface area (Å²) in [6.07, 6.45) is 0.0639. The molecule has 0 spiro atoms. The minimum atomic E-state index is -0.875. The molecule has 8 amide bonds. The second-order valence-corrected chi connectivity index (χ2v) is 16.1. The number of imide groups is 4. The Morgan fingerprint density at radius 2 is 0.688 bits per heavy atom. The van der Waals surface area contributed by atoms with Crippen LogP contribution in [0, 0.1) is 35.5 Å². The predicted molar refractivity (Wildman–Crippen MR) is 219 cm³/mol. The van der Waals surface area contributed by atoms with E-state index in [-0.39, 0.29) is 107 Å². The molecule has 4 fully saturated rings. The molecule has 0 aromatic carbocycles. The van der Waals surface area contributed by atoms with Crippen molar-refractivity contribution in [2.45, 2.75) is 148 Å². The van der Waals surface area contributed by atoms with Crippen LogP contribution in [0.4, 0.5) is 0 Å². The number of ketones is 2. The Hall–Kier alpha value is -6.22. The van der Waals surface area contributed by atoms with Crippen molar-refractivity contribution in [3.63, 3.8) is 0 Å². The fourth-order valence-electron chi connectivity index (χ4n) is 4.92. The van der Waals surface area contributed by atoms with Gasteiger partial charge in [-0.15, -0.1) is 20.3 Å². The van der Waals surface area contributed by atoms with E-state index in [1.165, 1.54) is 0 Å². The maximum Gasteiger partial charge on any atom is 0.340 e. The number of hydrogen-bond donors (Lipinski definition) is 0. The Kier molecular flexibility index (Phi) is 26.0. The molecule has 0 aromatic heterocycles. The van der Waals surface area contributed by atoms with Crippen molar-refractivity contribution in [3.05, 3.63) is 0 Å². The maximum absolute atomic E-state index is 11.4.